The van der Waals surface area contributed by atoms with E-state index in [1.807, 2.05) is 12.1 Å². The van der Waals surface area contributed by atoms with Crippen molar-refractivity contribution < 1.29 is 9.50 Å². The fourth-order valence-corrected chi connectivity index (χ4v) is 2.50. The molecule has 5 heteroatoms. The average molecular weight is 297 g/mol. The fraction of sp³-hybridized carbons (Fsp3) is 0.176. The van der Waals surface area contributed by atoms with Gasteiger partial charge in [0, 0.05) is 0 Å². The summed E-state index contributed by atoms with van der Waals surface area (Å²) in [5.41, 5.74) is -0.799. The predicted octanol–water partition coefficient (Wildman–Crippen LogP) is 2.88. The maximum atomic E-state index is 15.1. The third-order valence-corrected chi connectivity index (χ3v) is 3.65. The number of nitrogens with zero attached hydrogens (tertiary/aromatic N) is 3. The molecule has 0 aliphatic rings. The highest BCUT2D eigenvalue weighted by molar-refractivity contribution is 5.29. The second kappa shape index (κ2) is 6.07. The van der Waals surface area contributed by atoms with Crippen LogP contribution in [0.25, 0.3) is 0 Å². The molecule has 2 aromatic carbocycles. The van der Waals surface area contributed by atoms with Crippen LogP contribution < -0.4 is 0 Å². The molecule has 112 valence electrons. The van der Waals surface area contributed by atoms with E-state index in [1.165, 1.54) is 17.3 Å². The van der Waals surface area contributed by atoms with Crippen molar-refractivity contribution in [3.63, 3.8) is 0 Å². The van der Waals surface area contributed by atoms with Gasteiger partial charge in [0.25, 0.3) is 0 Å². The van der Waals surface area contributed by atoms with Gasteiger partial charge in [-0.15, -0.1) is 0 Å². The molecular weight excluding hydrogens is 281 g/mol. The SMILES string of the molecule is OC(Cn1cncn1)(c1ccccc1)C(F)c1ccccc1. The zero-order valence-corrected chi connectivity index (χ0v) is 11.9. The maximum absolute atomic E-state index is 15.1. The molecule has 0 radical (unpaired) electrons. The monoisotopic (exact) mass is 297 g/mol. The molecule has 0 aliphatic heterocycles. The summed E-state index contributed by atoms with van der Waals surface area (Å²) >= 11 is 0. The fourth-order valence-electron chi connectivity index (χ4n) is 2.50. The van der Waals surface area contributed by atoms with Crippen molar-refractivity contribution in [1.82, 2.24) is 14.8 Å². The van der Waals surface area contributed by atoms with Gasteiger partial charge in [-0.3, -0.25) is 0 Å². The third-order valence-electron chi connectivity index (χ3n) is 3.65. The summed E-state index contributed by atoms with van der Waals surface area (Å²) < 4.78 is 16.6. The van der Waals surface area contributed by atoms with Gasteiger partial charge < -0.3 is 5.11 Å². The molecular formula is C17H16FN3O. The van der Waals surface area contributed by atoms with Crippen molar-refractivity contribution in [3.8, 4) is 0 Å². The highest BCUT2D eigenvalue weighted by Gasteiger charge is 2.40. The van der Waals surface area contributed by atoms with Crippen LogP contribution >= 0.6 is 0 Å². The Bertz CT molecular complexity index is 703. The van der Waals surface area contributed by atoms with Crippen LogP contribution in [0.5, 0.6) is 0 Å². The molecule has 0 fully saturated rings. The first-order valence-corrected chi connectivity index (χ1v) is 6.99. The molecule has 1 heterocycles. The van der Waals surface area contributed by atoms with Gasteiger partial charge in [0.1, 0.15) is 18.3 Å². The Labute approximate surface area is 127 Å². The highest BCUT2D eigenvalue weighted by Crippen LogP contribution is 2.39. The lowest BCUT2D eigenvalue weighted by atomic mass is 9.85. The molecule has 1 aromatic heterocycles. The van der Waals surface area contributed by atoms with E-state index in [-0.39, 0.29) is 6.54 Å². The summed E-state index contributed by atoms with van der Waals surface area (Å²) in [5, 5.41) is 15.1. The minimum Gasteiger partial charge on any atom is -0.380 e. The van der Waals surface area contributed by atoms with Crippen molar-refractivity contribution in [2.45, 2.75) is 18.3 Å². The summed E-state index contributed by atoms with van der Waals surface area (Å²) in [6, 6.07) is 17.5. The van der Waals surface area contributed by atoms with Gasteiger partial charge in [-0.25, -0.2) is 14.1 Å². The minimum atomic E-state index is -1.73. The Morgan fingerprint density at radius 1 is 1.05 bits per heavy atom. The van der Waals surface area contributed by atoms with E-state index < -0.39 is 11.8 Å². The van der Waals surface area contributed by atoms with Crippen LogP contribution in [0.1, 0.15) is 17.3 Å². The van der Waals surface area contributed by atoms with Gasteiger partial charge in [0.05, 0.1) is 6.54 Å². The Balaban J connectivity index is 2.02. The van der Waals surface area contributed by atoms with Gasteiger partial charge in [-0.05, 0) is 11.1 Å². The Hall–Kier alpha value is -2.53. The van der Waals surface area contributed by atoms with E-state index in [9.17, 15) is 5.11 Å². The minimum absolute atomic E-state index is 0.0208. The first-order chi connectivity index (χ1) is 10.7. The van der Waals surface area contributed by atoms with Crippen molar-refractivity contribution in [1.29, 1.82) is 0 Å². The molecule has 2 unspecified atom stereocenters. The smallest absolute Gasteiger partial charge is 0.160 e. The molecule has 1 N–H and O–H groups in total. The molecule has 0 bridgehead atoms. The lowest BCUT2D eigenvalue weighted by Gasteiger charge is -2.32. The van der Waals surface area contributed by atoms with Crippen LogP contribution in [0, 0.1) is 0 Å². The lowest BCUT2D eigenvalue weighted by Crippen LogP contribution is -2.36. The third kappa shape index (κ3) is 2.76. The van der Waals surface area contributed by atoms with Gasteiger partial charge in [-0.1, -0.05) is 60.7 Å². The molecule has 3 aromatic rings. The van der Waals surface area contributed by atoms with Crippen molar-refractivity contribution in [2.24, 2.45) is 0 Å². The summed E-state index contributed by atoms with van der Waals surface area (Å²) in [6.45, 7) is -0.0208. The number of hydrogen-bond acceptors (Lipinski definition) is 3. The molecule has 4 nitrogen and oxygen atoms in total. The molecule has 22 heavy (non-hydrogen) atoms. The number of aromatic nitrogens is 3. The largest absolute Gasteiger partial charge is 0.380 e. The predicted molar refractivity (Wildman–Crippen MR) is 80.7 cm³/mol. The van der Waals surface area contributed by atoms with Crippen LogP contribution in [-0.4, -0.2) is 19.9 Å². The number of halogens is 1. The van der Waals surface area contributed by atoms with E-state index in [0.717, 1.165) is 0 Å². The highest BCUT2D eigenvalue weighted by atomic mass is 19.1. The summed E-state index contributed by atoms with van der Waals surface area (Å²) in [6.07, 6.45) is 1.24. The lowest BCUT2D eigenvalue weighted by molar-refractivity contribution is -0.0592. The maximum Gasteiger partial charge on any atom is 0.160 e. The van der Waals surface area contributed by atoms with Crippen molar-refractivity contribution >= 4 is 0 Å². The number of benzene rings is 2. The summed E-state index contributed by atoms with van der Waals surface area (Å²) in [7, 11) is 0. The normalized spacial score (nSPS) is 15.2. The second-order valence-corrected chi connectivity index (χ2v) is 5.16. The van der Waals surface area contributed by atoms with Gasteiger partial charge in [0.15, 0.2) is 6.17 Å². The quantitative estimate of drug-likeness (QED) is 0.788. The zero-order valence-electron chi connectivity index (χ0n) is 11.9. The number of alkyl halides is 1. The number of hydrogen-bond donors (Lipinski definition) is 1. The van der Waals surface area contributed by atoms with Crippen molar-refractivity contribution in [3.05, 3.63) is 84.4 Å². The first kappa shape index (κ1) is 14.4. The number of rotatable bonds is 5. The number of aliphatic hydroxyl groups is 1. The molecule has 0 aliphatic carbocycles. The standard InChI is InChI=1S/C17H16FN3O/c18-16(14-7-3-1-4-8-14)17(22,11-21-13-19-12-20-21)15-9-5-2-6-10-15/h1-10,12-13,16,22H,11H2. The molecule has 0 saturated heterocycles. The Morgan fingerprint density at radius 3 is 2.27 bits per heavy atom. The average Bonchev–Trinajstić information content (AvgIpc) is 3.08. The molecule has 3 rings (SSSR count). The van der Waals surface area contributed by atoms with Gasteiger partial charge in [0.2, 0.25) is 0 Å². The van der Waals surface area contributed by atoms with Gasteiger partial charge in [-0.2, -0.15) is 5.10 Å². The van der Waals surface area contributed by atoms with E-state index in [0.29, 0.717) is 11.1 Å². The molecule has 0 amide bonds. The zero-order chi connectivity index (χ0) is 15.4. The summed E-state index contributed by atoms with van der Waals surface area (Å²) in [5.74, 6) is 0. The van der Waals surface area contributed by atoms with Gasteiger partial charge >= 0.3 is 0 Å². The van der Waals surface area contributed by atoms with E-state index in [2.05, 4.69) is 10.1 Å². The van der Waals surface area contributed by atoms with E-state index >= 15 is 4.39 Å². The molecule has 2 atom stereocenters. The first-order valence-electron chi connectivity index (χ1n) is 6.99. The molecule has 0 spiro atoms. The Kier molecular flexibility index (Phi) is 3.98. The van der Waals surface area contributed by atoms with Crippen LogP contribution in [0.4, 0.5) is 4.39 Å². The van der Waals surface area contributed by atoms with E-state index in [1.54, 1.807) is 48.5 Å². The van der Waals surface area contributed by atoms with Crippen LogP contribution in [-0.2, 0) is 12.1 Å². The van der Waals surface area contributed by atoms with Crippen molar-refractivity contribution in [2.75, 3.05) is 0 Å². The molecule has 0 saturated carbocycles. The van der Waals surface area contributed by atoms with Crippen LogP contribution in [0.2, 0.25) is 0 Å². The summed E-state index contributed by atoms with van der Waals surface area (Å²) in [4.78, 5) is 3.85. The Morgan fingerprint density at radius 2 is 1.68 bits per heavy atom. The van der Waals surface area contributed by atoms with Crippen LogP contribution in [0.3, 0.4) is 0 Å². The second-order valence-electron chi connectivity index (χ2n) is 5.16. The topological polar surface area (TPSA) is 50.9 Å². The van der Waals surface area contributed by atoms with Crippen LogP contribution in [0.15, 0.2) is 73.3 Å². The van der Waals surface area contributed by atoms with E-state index in [4.69, 9.17) is 0 Å².